The van der Waals surface area contributed by atoms with Crippen molar-refractivity contribution in [3.8, 4) is 62.1 Å². The molecule has 0 N–H and O–H groups in total. The number of para-hydroxylation sites is 1. The van der Waals surface area contributed by atoms with Crippen molar-refractivity contribution in [1.82, 2.24) is 9.97 Å². The fourth-order valence-electron chi connectivity index (χ4n) is 8.71. The van der Waals surface area contributed by atoms with Gasteiger partial charge in [0.25, 0.3) is 0 Å². The fraction of sp³-hybridized carbons (Fsp3) is 0.128. The molecule has 0 atom stereocenters. The summed E-state index contributed by atoms with van der Waals surface area (Å²) >= 11 is 0. The number of nitrogens with zero attached hydrogens (tertiary/aromatic N) is 3. The van der Waals surface area contributed by atoms with Crippen molar-refractivity contribution < 1.29 is 4.42 Å². The fourth-order valence-corrected chi connectivity index (χ4v) is 8.71. The van der Waals surface area contributed by atoms with Gasteiger partial charge < -0.3 is 4.42 Å². The highest BCUT2D eigenvalue weighted by Gasteiger charge is 2.44. The number of hydrogen-bond donors (Lipinski definition) is 0. The third kappa shape index (κ3) is 4.66. The first kappa shape index (κ1) is 29.6. The Hall–Kier alpha value is -6.31. The van der Waals surface area contributed by atoms with Gasteiger partial charge in [-0.25, -0.2) is 9.97 Å². The zero-order chi connectivity index (χ0) is 33.9. The van der Waals surface area contributed by atoms with Gasteiger partial charge in [0.15, 0.2) is 11.4 Å². The summed E-state index contributed by atoms with van der Waals surface area (Å²) in [6.07, 6.45) is 5.99. The van der Waals surface area contributed by atoms with E-state index in [1.807, 2.05) is 48.5 Å². The summed E-state index contributed by atoms with van der Waals surface area (Å²) in [6.45, 7) is 0. The number of fused-ring (bicyclic) bond motifs is 8. The Morgan fingerprint density at radius 2 is 1.20 bits per heavy atom. The van der Waals surface area contributed by atoms with Crippen LogP contribution in [0, 0.1) is 11.3 Å². The summed E-state index contributed by atoms with van der Waals surface area (Å²) in [5.74, 6) is 0.687. The lowest BCUT2D eigenvalue weighted by molar-refractivity contribution is 0.353. The van der Waals surface area contributed by atoms with Crippen molar-refractivity contribution in [1.29, 1.82) is 5.26 Å². The highest BCUT2D eigenvalue weighted by atomic mass is 16.3. The van der Waals surface area contributed by atoms with Gasteiger partial charge in [0, 0.05) is 21.9 Å². The zero-order valence-corrected chi connectivity index (χ0v) is 28.1. The van der Waals surface area contributed by atoms with Crippen LogP contribution in [0.1, 0.15) is 48.8 Å². The molecule has 1 fully saturated rings. The Labute approximate surface area is 296 Å². The highest BCUT2D eigenvalue weighted by molar-refractivity contribution is 6.07. The van der Waals surface area contributed by atoms with Gasteiger partial charge in [-0.05, 0) is 93.7 Å². The number of hydrogen-bond acceptors (Lipinski definition) is 4. The van der Waals surface area contributed by atoms with Crippen molar-refractivity contribution in [3.05, 3.63) is 156 Å². The minimum Gasteiger partial charge on any atom is -0.452 e. The molecule has 51 heavy (non-hydrogen) atoms. The van der Waals surface area contributed by atoms with E-state index < -0.39 is 0 Å². The summed E-state index contributed by atoms with van der Waals surface area (Å²) in [4.78, 5) is 10.5. The van der Waals surface area contributed by atoms with Crippen LogP contribution in [0.25, 0.3) is 78.1 Å². The second-order valence-corrected chi connectivity index (χ2v) is 13.9. The predicted octanol–water partition coefficient (Wildman–Crippen LogP) is 12.1. The lowest BCUT2D eigenvalue weighted by Crippen LogP contribution is -2.28. The van der Waals surface area contributed by atoms with E-state index in [0.717, 1.165) is 57.3 Å². The lowest BCUT2D eigenvalue weighted by atomic mass is 9.67. The Balaban J connectivity index is 1.13. The molecule has 8 aromatic rings. The van der Waals surface area contributed by atoms with E-state index in [2.05, 4.69) is 97.1 Å². The summed E-state index contributed by atoms with van der Waals surface area (Å²) in [5, 5.41) is 10.3. The summed E-state index contributed by atoms with van der Waals surface area (Å²) in [5.41, 5.74) is 16.0. The monoisotopic (exact) mass is 655 g/mol. The van der Waals surface area contributed by atoms with Crippen LogP contribution in [0.4, 0.5) is 0 Å². The average Bonchev–Trinajstić information content (AvgIpc) is 3.71. The van der Waals surface area contributed by atoms with Crippen LogP contribution in [0.5, 0.6) is 0 Å². The maximum Gasteiger partial charge on any atom is 0.180 e. The largest absolute Gasteiger partial charge is 0.452 e. The first-order valence-corrected chi connectivity index (χ1v) is 17.8. The molecule has 0 bridgehead atoms. The molecule has 0 amide bonds. The topological polar surface area (TPSA) is 62.7 Å². The Morgan fingerprint density at radius 1 is 0.549 bits per heavy atom. The van der Waals surface area contributed by atoms with E-state index in [0.29, 0.717) is 17.0 Å². The van der Waals surface area contributed by atoms with Gasteiger partial charge >= 0.3 is 0 Å². The van der Waals surface area contributed by atoms with Crippen LogP contribution in [-0.2, 0) is 5.41 Å². The molecule has 0 unspecified atom stereocenters. The van der Waals surface area contributed by atoms with E-state index in [4.69, 9.17) is 14.4 Å². The Kier molecular flexibility index (Phi) is 6.76. The first-order valence-electron chi connectivity index (χ1n) is 17.8. The number of furan rings is 1. The quantitative estimate of drug-likeness (QED) is 0.189. The van der Waals surface area contributed by atoms with Crippen molar-refractivity contribution in [2.24, 2.45) is 0 Å². The molecular weight excluding hydrogens is 623 g/mol. The molecule has 10 rings (SSSR count). The van der Waals surface area contributed by atoms with Gasteiger partial charge in [0.2, 0.25) is 0 Å². The molecule has 0 aliphatic heterocycles. The molecule has 1 spiro atoms. The first-order chi connectivity index (χ1) is 25.2. The number of benzene rings is 6. The average molecular weight is 656 g/mol. The standard InChI is InChI=1S/C47H33N3O/c48-29-30-17-19-31(20-18-30)33-21-23-36-37-24-22-34(28-41(37)47(40(36)27-33)25-9-2-10-26-47)35-13-5-6-14-38(35)46-49-43(32-11-3-1-4-12-32)45-44(50-46)39-15-7-8-16-42(39)51-45/h1,3-8,11-24,27-28H,2,9-10,25-26H2. The van der Waals surface area contributed by atoms with Crippen molar-refractivity contribution >= 4 is 22.1 Å². The molecule has 1 saturated carbocycles. The molecule has 4 nitrogen and oxygen atoms in total. The molecule has 4 heteroatoms. The van der Waals surface area contributed by atoms with Crippen LogP contribution in [0.15, 0.2) is 144 Å². The maximum absolute atomic E-state index is 9.35. The van der Waals surface area contributed by atoms with Gasteiger partial charge in [0.05, 0.1) is 11.6 Å². The molecule has 2 heterocycles. The Morgan fingerprint density at radius 3 is 1.96 bits per heavy atom. The SMILES string of the molecule is N#Cc1ccc(-c2ccc3c(c2)C2(CCCCC2)c2cc(-c4ccccc4-c4nc(-c5ccccc5)c5oc6ccccc6c5n4)ccc2-3)cc1. The molecule has 2 aromatic heterocycles. The third-order valence-corrected chi connectivity index (χ3v) is 11.2. The van der Waals surface area contributed by atoms with Crippen LogP contribution < -0.4 is 0 Å². The minimum absolute atomic E-state index is 0.0257. The van der Waals surface area contributed by atoms with Crippen LogP contribution in [-0.4, -0.2) is 9.97 Å². The van der Waals surface area contributed by atoms with Crippen LogP contribution >= 0.6 is 0 Å². The van der Waals surface area contributed by atoms with E-state index >= 15 is 0 Å². The summed E-state index contributed by atoms with van der Waals surface area (Å²) in [6, 6.07) is 51.2. The van der Waals surface area contributed by atoms with Crippen molar-refractivity contribution in [3.63, 3.8) is 0 Å². The number of rotatable bonds is 4. The summed E-state index contributed by atoms with van der Waals surface area (Å²) in [7, 11) is 0. The summed E-state index contributed by atoms with van der Waals surface area (Å²) < 4.78 is 6.40. The van der Waals surface area contributed by atoms with Crippen LogP contribution in [0.3, 0.4) is 0 Å². The molecule has 2 aliphatic carbocycles. The molecular formula is C47H33N3O. The number of aromatic nitrogens is 2. The molecule has 6 aromatic carbocycles. The maximum atomic E-state index is 9.35. The van der Waals surface area contributed by atoms with Gasteiger partial charge in [-0.3, -0.25) is 0 Å². The second-order valence-electron chi connectivity index (χ2n) is 13.9. The molecule has 242 valence electrons. The molecule has 0 saturated heterocycles. The predicted molar refractivity (Wildman–Crippen MR) is 205 cm³/mol. The highest BCUT2D eigenvalue weighted by Crippen LogP contribution is 2.57. The van der Waals surface area contributed by atoms with E-state index in [1.165, 1.54) is 52.6 Å². The lowest BCUT2D eigenvalue weighted by Gasteiger charge is -2.36. The van der Waals surface area contributed by atoms with E-state index in [-0.39, 0.29) is 5.41 Å². The van der Waals surface area contributed by atoms with Gasteiger partial charge in [0.1, 0.15) is 16.8 Å². The van der Waals surface area contributed by atoms with E-state index in [1.54, 1.807) is 0 Å². The minimum atomic E-state index is -0.0257. The van der Waals surface area contributed by atoms with Gasteiger partial charge in [-0.1, -0.05) is 122 Å². The van der Waals surface area contributed by atoms with Crippen molar-refractivity contribution in [2.75, 3.05) is 0 Å². The van der Waals surface area contributed by atoms with E-state index in [9.17, 15) is 5.26 Å². The molecule has 0 radical (unpaired) electrons. The zero-order valence-electron chi connectivity index (χ0n) is 28.1. The number of nitriles is 1. The third-order valence-electron chi connectivity index (χ3n) is 11.2. The van der Waals surface area contributed by atoms with Gasteiger partial charge in [-0.2, -0.15) is 5.26 Å². The normalized spacial score (nSPS) is 14.4. The van der Waals surface area contributed by atoms with Gasteiger partial charge in [-0.15, -0.1) is 0 Å². The van der Waals surface area contributed by atoms with Crippen molar-refractivity contribution in [2.45, 2.75) is 37.5 Å². The van der Waals surface area contributed by atoms with Crippen LogP contribution in [0.2, 0.25) is 0 Å². The Bertz CT molecular complexity index is 2680. The molecule has 2 aliphatic rings. The smallest absolute Gasteiger partial charge is 0.180 e. The second kappa shape index (κ2) is 11.6.